The van der Waals surface area contributed by atoms with Crippen LogP contribution in [0.15, 0.2) is 0 Å². The molecule has 1 fully saturated rings. The maximum Gasteiger partial charge on any atom is 0.320 e. The van der Waals surface area contributed by atoms with Crippen molar-refractivity contribution in [3.8, 4) is 0 Å². The van der Waals surface area contributed by atoms with Crippen molar-refractivity contribution in [1.82, 2.24) is 9.80 Å². The van der Waals surface area contributed by atoms with E-state index in [9.17, 15) is 9.59 Å². The molecule has 1 saturated heterocycles. The number of carboxylic acids is 1. The van der Waals surface area contributed by atoms with Gasteiger partial charge in [-0.25, -0.2) is 4.79 Å². The van der Waals surface area contributed by atoms with Crippen LogP contribution < -0.4 is 0 Å². The zero-order valence-corrected chi connectivity index (χ0v) is 12.0. The van der Waals surface area contributed by atoms with Crippen molar-refractivity contribution < 1.29 is 19.4 Å². The number of carbonyl (C=O) groups excluding carboxylic acids is 1. The van der Waals surface area contributed by atoms with Gasteiger partial charge in [0.05, 0.1) is 13.0 Å². The summed E-state index contributed by atoms with van der Waals surface area (Å²) < 4.78 is 5.11. The Morgan fingerprint density at radius 2 is 2.21 bits per heavy atom. The van der Waals surface area contributed by atoms with Crippen molar-refractivity contribution in [2.45, 2.75) is 32.7 Å². The Morgan fingerprint density at radius 1 is 1.53 bits per heavy atom. The second-order valence-electron chi connectivity index (χ2n) is 5.07. The first-order valence-electron chi connectivity index (χ1n) is 6.75. The smallest absolute Gasteiger partial charge is 0.320 e. The molecule has 2 unspecified atom stereocenters. The molecule has 0 saturated carbocycles. The van der Waals surface area contributed by atoms with Gasteiger partial charge in [0, 0.05) is 38.7 Å². The van der Waals surface area contributed by atoms with Crippen LogP contribution in [0.1, 0.15) is 26.7 Å². The maximum absolute atomic E-state index is 12.4. The molecule has 19 heavy (non-hydrogen) atoms. The SMILES string of the molecule is CCN(C(=O)N1CCC(COC)C1)C(C)CC(=O)O. The summed E-state index contributed by atoms with van der Waals surface area (Å²) in [6.45, 7) is 6.27. The Kier molecular flexibility index (Phi) is 6.08. The lowest BCUT2D eigenvalue weighted by Crippen LogP contribution is -2.47. The molecule has 0 spiro atoms. The first-order chi connectivity index (χ1) is 8.99. The number of carbonyl (C=O) groups is 2. The molecular weight excluding hydrogens is 248 g/mol. The minimum absolute atomic E-state index is 0.0189. The minimum Gasteiger partial charge on any atom is -0.481 e. The van der Waals surface area contributed by atoms with Crippen LogP contribution in [-0.2, 0) is 9.53 Å². The third-order valence-corrected chi connectivity index (χ3v) is 3.55. The largest absolute Gasteiger partial charge is 0.481 e. The number of urea groups is 1. The van der Waals surface area contributed by atoms with Crippen molar-refractivity contribution in [3.63, 3.8) is 0 Å². The molecule has 2 amide bonds. The number of methoxy groups -OCH3 is 1. The van der Waals surface area contributed by atoms with Crippen molar-refractivity contribution in [3.05, 3.63) is 0 Å². The fourth-order valence-corrected chi connectivity index (χ4v) is 2.56. The highest BCUT2D eigenvalue weighted by Crippen LogP contribution is 2.19. The summed E-state index contributed by atoms with van der Waals surface area (Å²) in [6, 6.07) is -0.341. The number of carboxylic acid groups (broad SMARTS) is 1. The van der Waals surface area contributed by atoms with Gasteiger partial charge in [0.15, 0.2) is 0 Å². The quantitative estimate of drug-likeness (QED) is 0.790. The molecule has 0 aromatic carbocycles. The van der Waals surface area contributed by atoms with Gasteiger partial charge < -0.3 is 19.6 Å². The highest BCUT2D eigenvalue weighted by Gasteiger charge is 2.31. The number of likely N-dealkylation sites (tertiary alicyclic amines) is 1. The van der Waals surface area contributed by atoms with Gasteiger partial charge in [0.1, 0.15) is 0 Å². The molecule has 2 atom stereocenters. The molecule has 6 heteroatoms. The molecule has 1 heterocycles. The summed E-state index contributed by atoms with van der Waals surface area (Å²) in [5.74, 6) is -0.486. The molecule has 6 nitrogen and oxygen atoms in total. The summed E-state index contributed by atoms with van der Waals surface area (Å²) in [6.07, 6.45) is 0.930. The number of hydrogen-bond acceptors (Lipinski definition) is 3. The fourth-order valence-electron chi connectivity index (χ4n) is 2.56. The van der Waals surface area contributed by atoms with Gasteiger partial charge in [-0.05, 0) is 20.3 Å². The first kappa shape index (κ1) is 15.8. The van der Waals surface area contributed by atoms with E-state index >= 15 is 0 Å². The molecule has 0 aliphatic carbocycles. The number of hydrogen-bond donors (Lipinski definition) is 1. The normalized spacial score (nSPS) is 20.4. The molecule has 1 N–H and O–H groups in total. The van der Waals surface area contributed by atoms with Crippen LogP contribution in [0.25, 0.3) is 0 Å². The molecule has 0 radical (unpaired) electrons. The number of amides is 2. The Labute approximate surface area is 114 Å². The predicted octanol–water partition coefficient (Wildman–Crippen LogP) is 1.26. The Hall–Kier alpha value is -1.30. The standard InChI is InChI=1S/C13H24N2O4/c1-4-15(10(2)7-12(16)17)13(18)14-6-5-11(8-14)9-19-3/h10-11H,4-9H2,1-3H3,(H,16,17). The van der Waals surface area contributed by atoms with Crippen molar-refractivity contribution >= 4 is 12.0 Å². The first-order valence-corrected chi connectivity index (χ1v) is 6.75. The van der Waals surface area contributed by atoms with E-state index in [-0.39, 0.29) is 18.5 Å². The van der Waals surface area contributed by atoms with Crippen molar-refractivity contribution in [2.24, 2.45) is 5.92 Å². The van der Waals surface area contributed by atoms with Crippen LogP contribution >= 0.6 is 0 Å². The van der Waals surface area contributed by atoms with Gasteiger partial charge in [-0.15, -0.1) is 0 Å². The molecule has 0 aromatic heterocycles. The lowest BCUT2D eigenvalue weighted by Gasteiger charge is -2.31. The topological polar surface area (TPSA) is 70.1 Å². The van der Waals surface area contributed by atoms with Crippen LogP contribution in [-0.4, -0.2) is 66.3 Å². The van der Waals surface area contributed by atoms with Gasteiger partial charge in [0.25, 0.3) is 0 Å². The van der Waals surface area contributed by atoms with Gasteiger partial charge in [-0.3, -0.25) is 4.79 Å². The second-order valence-corrected chi connectivity index (χ2v) is 5.07. The molecule has 110 valence electrons. The van der Waals surface area contributed by atoms with E-state index in [1.807, 2.05) is 6.92 Å². The van der Waals surface area contributed by atoms with Crippen LogP contribution in [0.4, 0.5) is 4.79 Å². The Bertz CT molecular complexity index is 322. The highest BCUT2D eigenvalue weighted by molar-refractivity contribution is 5.76. The molecule has 0 bridgehead atoms. The van der Waals surface area contributed by atoms with Crippen LogP contribution in [0, 0.1) is 5.92 Å². The van der Waals surface area contributed by atoms with E-state index < -0.39 is 5.97 Å². The predicted molar refractivity (Wildman–Crippen MR) is 71.0 cm³/mol. The molecule has 1 aliphatic heterocycles. The zero-order chi connectivity index (χ0) is 14.4. The van der Waals surface area contributed by atoms with Gasteiger partial charge >= 0.3 is 12.0 Å². The van der Waals surface area contributed by atoms with Crippen LogP contribution in [0.3, 0.4) is 0 Å². The van der Waals surface area contributed by atoms with E-state index in [1.165, 1.54) is 0 Å². The number of nitrogens with zero attached hydrogens (tertiary/aromatic N) is 2. The number of rotatable bonds is 6. The zero-order valence-electron chi connectivity index (χ0n) is 12.0. The fraction of sp³-hybridized carbons (Fsp3) is 0.846. The lowest BCUT2D eigenvalue weighted by molar-refractivity contribution is -0.138. The molecule has 1 aliphatic rings. The average Bonchev–Trinajstić information content (AvgIpc) is 2.78. The Balaban J connectivity index is 2.56. The van der Waals surface area contributed by atoms with Crippen molar-refractivity contribution in [1.29, 1.82) is 0 Å². The average molecular weight is 272 g/mol. The van der Waals surface area contributed by atoms with Gasteiger partial charge in [-0.1, -0.05) is 0 Å². The van der Waals surface area contributed by atoms with E-state index in [0.717, 1.165) is 13.0 Å². The lowest BCUT2D eigenvalue weighted by atomic mass is 10.1. The molecule has 1 rings (SSSR count). The third kappa shape index (κ3) is 4.38. The van der Waals surface area contributed by atoms with Crippen LogP contribution in [0.2, 0.25) is 0 Å². The van der Waals surface area contributed by atoms with Crippen molar-refractivity contribution in [2.75, 3.05) is 33.4 Å². The number of ether oxygens (including phenoxy) is 1. The Morgan fingerprint density at radius 3 is 2.74 bits per heavy atom. The minimum atomic E-state index is -0.877. The summed E-state index contributed by atoms with van der Waals surface area (Å²) in [5, 5.41) is 8.82. The summed E-state index contributed by atoms with van der Waals surface area (Å²) in [4.78, 5) is 26.5. The van der Waals surface area contributed by atoms with E-state index in [4.69, 9.17) is 9.84 Å². The molecule has 0 aromatic rings. The summed E-state index contributed by atoms with van der Waals surface area (Å²) in [7, 11) is 1.66. The highest BCUT2D eigenvalue weighted by atomic mass is 16.5. The van der Waals surface area contributed by atoms with E-state index in [2.05, 4.69) is 0 Å². The molecular formula is C13H24N2O4. The van der Waals surface area contributed by atoms with Gasteiger partial charge in [-0.2, -0.15) is 0 Å². The third-order valence-electron chi connectivity index (χ3n) is 3.55. The van der Waals surface area contributed by atoms with Gasteiger partial charge in [0.2, 0.25) is 0 Å². The summed E-state index contributed by atoms with van der Waals surface area (Å²) >= 11 is 0. The monoisotopic (exact) mass is 272 g/mol. The van der Waals surface area contributed by atoms with E-state index in [0.29, 0.717) is 25.6 Å². The summed E-state index contributed by atoms with van der Waals surface area (Å²) in [5.41, 5.74) is 0. The van der Waals surface area contributed by atoms with Crippen LogP contribution in [0.5, 0.6) is 0 Å². The number of aliphatic carboxylic acids is 1. The maximum atomic E-state index is 12.4. The van der Waals surface area contributed by atoms with E-state index in [1.54, 1.807) is 23.8 Å². The second kappa shape index (κ2) is 7.33.